The fraction of sp³-hybridized carbons (Fsp3) is 0.918. The van der Waals surface area contributed by atoms with Gasteiger partial charge in [0.25, 0.3) is 7.82 Å². The summed E-state index contributed by atoms with van der Waals surface area (Å²) in [5, 5.41) is 14.0. The molecule has 3 unspecified atom stereocenters. The first-order chi connectivity index (χ1) is 34.0. The molecule has 0 aliphatic carbocycles. The Balaban J connectivity index is 3.83. The van der Waals surface area contributed by atoms with Crippen LogP contribution < -0.4 is 10.2 Å². The summed E-state index contributed by atoms with van der Waals surface area (Å²) in [5.74, 6) is -0.160. The maximum atomic E-state index is 12.9. The molecular weight excluding hydrogens is 888 g/mol. The van der Waals surface area contributed by atoms with Gasteiger partial charge in [-0.3, -0.25) is 9.36 Å². The van der Waals surface area contributed by atoms with Crippen LogP contribution in [0.25, 0.3) is 0 Å². The number of hydrogen-bond acceptors (Lipinski definition) is 6. The van der Waals surface area contributed by atoms with Crippen LogP contribution in [0.15, 0.2) is 24.3 Å². The number of rotatable bonds is 57. The number of aliphatic hydroxyl groups is 1. The summed E-state index contributed by atoms with van der Waals surface area (Å²) in [6, 6.07) is -0.796. The molecule has 0 bridgehead atoms. The molecule has 70 heavy (non-hydrogen) atoms. The molecule has 8 nitrogen and oxygen atoms in total. The third-order valence-corrected chi connectivity index (χ3v) is 15.2. The second kappa shape index (κ2) is 52.8. The second-order valence-corrected chi connectivity index (χ2v) is 23.8. The number of aliphatic hydroxyl groups excluding tert-OH is 1. The van der Waals surface area contributed by atoms with E-state index in [2.05, 4.69) is 43.5 Å². The Morgan fingerprint density at radius 3 is 1.19 bits per heavy atom. The van der Waals surface area contributed by atoms with Gasteiger partial charge in [0.05, 0.1) is 39.9 Å². The predicted molar refractivity (Wildman–Crippen MR) is 302 cm³/mol. The van der Waals surface area contributed by atoms with E-state index in [-0.39, 0.29) is 19.1 Å². The normalized spacial score (nSPS) is 14.0. The minimum Gasteiger partial charge on any atom is -0.756 e. The molecular formula is C61H121N2O6P. The van der Waals surface area contributed by atoms with Gasteiger partial charge in [-0.2, -0.15) is 0 Å². The SMILES string of the molecule is CCCCCCC/C=C\C/C=C\CCCCCCCCCCCCCCCCCCCCCCCCCCCC(=O)NC(COP(=O)([O-])OCC[N+](C)(C)C)C(O)CCCCCCCCCCCCC. The zero-order valence-electron chi connectivity index (χ0n) is 47.5. The van der Waals surface area contributed by atoms with Crippen molar-refractivity contribution in [3.05, 3.63) is 24.3 Å². The highest BCUT2D eigenvalue weighted by atomic mass is 31.2. The smallest absolute Gasteiger partial charge is 0.268 e. The van der Waals surface area contributed by atoms with Crippen LogP contribution in [0.3, 0.4) is 0 Å². The average molecular weight is 1010 g/mol. The van der Waals surface area contributed by atoms with Crippen molar-refractivity contribution in [1.82, 2.24) is 5.32 Å². The minimum atomic E-state index is -4.56. The van der Waals surface area contributed by atoms with E-state index in [1.54, 1.807) is 0 Å². The number of carbonyl (C=O) groups is 1. The van der Waals surface area contributed by atoms with Crippen LogP contribution in [0.1, 0.15) is 309 Å². The lowest BCUT2D eigenvalue weighted by Gasteiger charge is -2.30. The van der Waals surface area contributed by atoms with Crippen molar-refractivity contribution in [3.8, 4) is 0 Å². The number of likely N-dealkylation sites (N-methyl/N-ethyl adjacent to an activating group) is 1. The summed E-state index contributed by atoms with van der Waals surface area (Å²) in [6.07, 6.45) is 66.8. The molecule has 0 heterocycles. The van der Waals surface area contributed by atoms with Crippen LogP contribution in [0.2, 0.25) is 0 Å². The summed E-state index contributed by atoms with van der Waals surface area (Å²) in [5.41, 5.74) is 0. The standard InChI is InChI=1S/C61H121N2O6P/c1-6-8-10-12-14-16-18-19-20-21-22-23-24-25-26-27-28-29-30-31-32-33-34-35-36-37-38-39-40-41-42-43-45-47-49-51-53-55-61(65)62-59(58-69-70(66,67)68-57-56-63(3,4)5)60(64)54-52-50-48-46-44-17-15-13-11-9-7-2/h18-19,21-22,59-60,64H,6-17,20,23-58H2,1-5H3,(H-,62,65,66,67)/b19-18-,22-21-. The highest BCUT2D eigenvalue weighted by Crippen LogP contribution is 2.38. The number of allylic oxidation sites excluding steroid dienone is 4. The van der Waals surface area contributed by atoms with Gasteiger partial charge in [0, 0.05) is 6.42 Å². The lowest BCUT2D eigenvalue weighted by Crippen LogP contribution is -2.46. The van der Waals surface area contributed by atoms with Crippen LogP contribution >= 0.6 is 7.82 Å². The number of amides is 1. The van der Waals surface area contributed by atoms with Crippen molar-refractivity contribution in [1.29, 1.82) is 0 Å². The Morgan fingerprint density at radius 1 is 0.500 bits per heavy atom. The van der Waals surface area contributed by atoms with E-state index in [1.165, 1.54) is 238 Å². The quantitative estimate of drug-likeness (QED) is 0.0272. The summed E-state index contributed by atoms with van der Waals surface area (Å²) < 4.78 is 23.4. The number of quaternary nitrogens is 1. The van der Waals surface area contributed by atoms with E-state index < -0.39 is 20.0 Å². The first kappa shape index (κ1) is 69.0. The Labute approximate surface area is 436 Å². The van der Waals surface area contributed by atoms with E-state index >= 15 is 0 Å². The maximum absolute atomic E-state index is 12.9. The number of nitrogens with zero attached hydrogens (tertiary/aromatic N) is 1. The van der Waals surface area contributed by atoms with Crippen molar-refractivity contribution in [3.63, 3.8) is 0 Å². The highest BCUT2D eigenvalue weighted by Gasteiger charge is 2.24. The van der Waals surface area contributed by atoms with Crippen molar-refractivity contribution in [2.45, 2.75) is 321 Å². The lowest BCUT2D eigenvalue weighted by atomic mass is 10.0. The molecule has 0 aliphatic rings. The molecule has 9 heteroatoms. The average Bonchev–Trinajstić information content (AvgIpc) is 3.32. The Kier molecular flexibility index (Phi) is 52.1. The van der Waals surface area contributed by atoms with Gasteiger partial charge < -0.3 is 28.8 Å². The lowest BCUT2D eigenvalue weighted by molar-refractivity contribution is -0.870. The molecule has 0 saturated heterocycles. The number of hydrogen-bond donors (Lipinski definition) is 2. The molecule has 0 fully saturated rings. The van der Waals surface area contributed by atoms with Crippen molar-refractivity contribution < 1.29 is 32.9 Å². The Morgan fingerprint density at radius 2 is 0.829 bits per heavy atom. The van der Waals surface area contributed by atoms with Crippen LogP contribution in [0, 0.1) is 0 Å². The predicted octanol–water partition coefficient (Wildman–Crippen LogP) is 18.1. The largest absolute Gasteiger partial charge is 0.756 e. The van der Waals surface area contributed by atoms with Gasteiger partial charge >= 0.3 is 0 Å². The number of nitrogens with one attached hydrogen (secondary N) is 1. The maximum Gasteiger partial charge on any atom is 0.268 e. The third kappa shape index (κ3) is 54.7. The first-order valence-electron chi connectivity index (χ1n) is 30.7. The molecule has 2 N–H and O–H groups in total. The monoisotopic (exact) mass is 1010 g/mol. The molecule has 3 atom stereocenters. The van der Waals surface area contributed by atoms with Gasteiger partial charge in [-0.1, -0.05) is 282 Å². The molecule has 416 valence electrons. The second-order valence-electron chi connectivity index (χ2n) is 22.4. The fourth-order valence-corrected chi connectivity index (χ4v) is 10.1. The van der Waals surface area contributed by atoms with Crippen LogP contribution in [-0.2, 0) is 18.4 Å². The van der Waals surface area contributed by atoms with E-state index in [0.717, 1.165) is 44.9 Å². The molecule has 1 amide bonds. The molecule has 0 aliphatic heterocycles. The molecule has 0 spiro atoms. The van der Waals surface area contributed by atoms with Gasteiger partial charge in [-0.15, -0.1) is 0 Å². The van der Waals surface area contributed by atoms with E-state index in [4.69, 9.17) is 9.05 Å². The summed E-state index contributed by atoms with van der Waals surface area (Å²) in [7, 11) is 1.32. The van der Waals surface area contributed by atoms with Gasteiger partial charge in [-0.05, 0) is 44.9 Å². The molecule has 0 rings (SSSR count). The van der Waals surface area contributed by atoms with Gasteiger partial charge in [0.15, 0.2) is 0 Å². The fourth-order valence-electron chi connectivity index (χ4n) is 9.37. The number of phosphoric ester groups is 1. The summed E-state index contributed by atoms with van der Waals surface area (Å²) in [4.78, 5) is 25.5. The van der Waals surface area contributed by atoms with Crippen molar-refractivity contribution in [2.24, 2.45) is 0 Å². The minimum absolute atomic E-state index is 0.0148. The highest BCUT2D eigenvalue weighted by molar-refractivity contribution is 7.45. The van der Waals surface area contributed by atoms with Crippen LogP contribution in [0.5, 0.6) is 0 Å². The van der Waals surface area contributed by atoms with E-state index in [9.17, 15) is 19.4 Å². The van der Waals surface area contributed by atoms with Crippen LogP contribution in [-0.4, -0.2) is 68.5 Å². The zero-order chi connectivity index (χ0) is 51.3. The van der Waals surface area contributed by atoms with Gasteiger partial charge in [-0.25, -0.2) is 0 Å². The molecule has 0 saturated carbocycles. The molecule has 0 aromatic rings. The Hall–Kier alpha value is -1.02. The first-order valence-corrected chi connectivity index (χ1v) is 32.1. The summed E-state index contributed by atoms with van der Waals surface area (Å²) >= 11 is 0. The molecule has 0 aromatic heterocycles. The third-order valence-electron chi connectivity index (χ3n) is 14.2. The van der Waals surface area contributed by atoms with E-state index in [0.29, 0.717) is 23.9 Å². The summed E-state index contributed by atoms with van der Waals surface area (Å²) in [6.45, 7) is 4.73. The van der Waals surface area contributed by atoms with Crippen molar-refractivity contribution >= 4 is 13.7 Å². The number of unbranched alkanes of at least 4 members (excludes halogenated alkanes) is 40. The molecule has 0 aromatic carbocycles. The van der Waals surface area contributed by atoms with Gasteiger partial charge in [0.2, 0.25) is 5.91 Å². The number of phosphoric acid groups is 1. The topological polar surface area (TPSA) is 108 Å². The van der Waals surface area contributed by atoms with Crippen LogP contribution in [0.4, 0.5) is 0 Å². The van der Waals surface area contributed by atoms with Crippen molar-refractivity contribution in [2.75, 3.05) is 40.9 Å². The van der Waals surface area contributed by atoms with E-state index in [1.807, 2.05) is 21.1 Å². The Bertz CT molecular complexity index is 1190. The molecule has 0 radical (unpaired) electrons. The van der Waals surface area contributed by atoms with Gasteiger partial charge in [0.1, 0.15) is 13.2 Å². The zero-order valence-corrected chi connectivity index (χ0v) is 48.4. The number of carbonyl (C=O) groups excluding carboxylic acids is 1.